The van der Waals surface area contributed by atoms with Gasteiger partial charge in [-0.1, -0.05) is 13.8 Å². The average Bonchev–Trinajstić information content (AvgIpc) is 2.44. The molecular weight excluding hydrogens is 252 g/mol. The molecule has 0 radical (unpaired) electrons. The zero-order valence-corrected chi connectivity index (χ0v) is 12.4. The topological polar surface area (TPSA) is 59.4 Å². The maximum absolute atomic E-state index is 12.3. The van der Waals surface area contributed by atoms with Gasteiger partial charge in [-0.3, -0.25) is 4.79 Å². The highest BCUT2D eigenvalue weighted by Gasteiger charge is 2.24. The Morgan fingerprint density at radius 2 is 1.85 bits per heavy atom. The van der Waals surface area contributed by atoms with Crippen molar-refractivity contribution in [1.29, 1.82) is 5.26 Å². The van der Waals surface area contributed by atoms with Crippen LogP contribution in [0.2, 0.25) is 0 Å². The third-order valence-corrected chi connectivity index (χ3v) is 3.96. The summed E-state index contributed by atoms with van der Waals surface area (Å²) in [6.45, 7) is 9.30. The van der Waals surface area contributed by atoms with E-state index in [-0.39, 0.29) is 11.5 Å². The van der Waals surface area contributed by atoms with Crippen LogP contribution in [0.1, 0.15) is 20.3 Å². The zero-order chi connectivity index (χ0) is 14.5. The number of nitriles is 1. The number of hydrogen-bond acceptors (Lipinski definition) is 4. The number of amides is 1. The van der Waals surface area contributed by atoms with E-state index in [4.69, 9.17) is 0 Å². The monoisotopic (exact) mass is 276 g/mol. The highest BCUT2D eigenvalue weighted by molar-refractivity contribution is 5.97. The molecule has 2 unspecified atom stereocenters. The van der Waals surface area contributed by atoms with Gasteiger partial charge in [-0.2, -0.15) is 5.26 Å². The molecule has 2 heterocycles. The Kier molecular flexibility index (Phi) is 5.02. The molecule has 2 aliphatic heterocycles. The molecule has 0 saturated carbocycles. The molecule has 0 spiro atoms. The highest BCUT2D eigenvalue weighted by Crippen LogP contribution is 2.21. The number of rotatable bonds is 2. The third-order valence-electron chi connectivity index (χ3n) is 3.96. The number of hydrogen-bond donors (Lipinski definition) is 1. The third kappa shape index (κ3) is 3.73. The molecule has 0 aromatic carbocycles. The fraction of sp³-hybridized carbons (Fsp3) is 0.733. The molecule has 5 heteroatoms. The Morgan fingerprint density at radius 3 is 2.40 bits per heavy atom. The normalized spacial score (nSPS) is 28.1. The van der Waals surface area contributed by atoms with Crippen LogP contribution in [-0.2, 0) is 4.79 Å². The molecule has 2 atom stereocenters. The minimum atomic E-state index is -0.125. The van der Waals surface area contributed by atoms with E-state index in [1.54, 1.807) is 11.1 Å². The summed E-state index contributed by atoms with van der Waals surface area (Å²) in [5, 5.41) is 12.5. The van der Waals surface area contributed by atoms with Crippen molar-refractivity contribution in [3.8, 4) is 6.07 Å². The van der Waals surface area contributed by atoms with Crippen LogP contribution < -0.4 is 5.32 Å². The predicted molar refractivity (Wildman–Crippen MR) is 77.7 cm³/mol. The van der Waals surface area contributed by atoms with Gasteiger partial charge in [0.15, 0.2) is 0 Å². The smallest absolute Gasteiger partial charge is 0.266 e. The van der Waals surface area contributed by atoms with Gasteiger partial charge in [0.25, 0.3) is 5.91 Å². The Labute approximate surface area is 121 Å². The van der Waals surface area contributed by atoms with Crippen molar-refractivity contribution in [3.05, 3.63) is 11.8 Å². The van der Waals surface area contributed by atoms with E-state index in [2.05, 4.69) is 30.1 Å². The average molecular weight is 276 g/mol. The van der Waals surface area contributed by atoms with E-state index >= 15 is 0 Å². The van der Waals surface area contributed by atoms with Crippen molar-refractivity contribution in [2.75, 3.05) is 39.3 Å². The summed E-state index contributed by atoms with van der Waals surface area (Å²) < 4.78 is 0. The standard InChI is InChI=1S/C15H24N4O/c1-12-7-13(2)10-18(9-12)11-14(8-16)15(20)19-5-3-17-4-6-19/h11-13,17H,3-7,9-10H2,1-2H3/b14-11-. The lowest BCUT2D eigenvalue weighted by Gasteiger charge is -2.34. The first-order chi connectivity index (χ1) is 9.60. The van der Waals surface area contributed by atoms with E-state index in [1.165, 1.54) is 6.42 Å². The minimum Gasteiger partial charge on any atom is -0.376 e. The summed E-state index contributed by atoms with van der Waals surface area (Å²) in [6.07, 6.45) is 2.99. The van der Waals surface area contributed by atoms with Gasteiger partial charge in [0.1, 0.15) is 11.6 Å². The van der Waals surface area contributed by atoms with Gasteiger partial charge in [0.2, 0.25) is 0 Å². The van der Waals surface area contributed by atoms with E-state index in [0.29, 0.717) is 24.9 Å². The molecule has 0 aliphatic carbocycles. The van der Waals surface area contributed by atoms with Crippen molar-refractivity contribution in [1.82, 2.24) is 15.1 Å². The van der Waals surface area contributed by atoms with E-state index < -0.39 is 0 Å². The summed E-state index contributed by atoms with van der Waals surface area (Å²) in [4.78, 5) is 16.2. The Hall–Kier alpha value is -1.54. The molecule has 0 aromatic rings. The largest absolute Gasteiger partial charge is 0.376 e. The number of nitrogens with zero attached hydrogens (tertiary/aromatic N) is 3. The Balaban J connectivity index is 2.04. The quantitative estimate of drug-likeness (QED) is 0.599. The van der Waals surface area contributed by atoms with Crippen LogP contribution in [0.25, 0.3) is 0 Å². The van der Waals surface area contributed by atoms with Gasteiger partial charge in [-0.15, -0.1) is 0 Å². The van der Waals surface area contributed by atoms with Crippen molar-refractivity contribution >= 4 is 5.91 Å². The fourth-order valence-electron chi connectivity index (χ4n) is 3.17. The molecule has 2 saturated heterocycles. The molecule has 5 nitrogen and oxygen atoms in total. The van der Waals surface area contributed by atoms with Crippen LogP contribution in [0, 0.1) is 23.2 Å². The summed E-state index contributed by atoms with van der Waals surface area (Å²) >= 11 is 0. The molecular formula is C15H24N4O. The van der Waals surface area contributed by atoms with Crippen LogP contribution in [0.4, 0.5) is 0 Å². The van der Waals surface area contributed by atoms with Gasteiger partial charge in [0, 0.05) is 45.5 Å². The molecule has 2 fully saturated rings. The molecule has 1 amide bonds. The van der Waals surface area contributed by atoms with E-state index in [9.17, 15) is 10.1 Å². The first-order valence-electron chi connectivity index (χ1n) is 7.46. The maximum Gasteiger partial charge on any atom is 0.266 e. The lowest BCUT2D eigenvalue weighted by atomic mass is 9.92. The van der Waals surface area contributed by atoms with Gasteiger partial charge in [0.05, 0.1) is 0 Å². The number of nitrogens with one attached hydrogen (secondary N) is 1. The van der Waals surface area contributed by atoms with Gasteiger partial charge in [-0.05, 0) is 18.3 Å². The number of likely N-dealkylation sites (tertiary alicyclic amines) is 1. The SMILES string of the molecule is CC1CC(C)CN(/C=C(/C#N)C(=O)N2CCNCC2)C1. The number of piperazine rings is 1. The summed E-state index contributed by atoms with van der Waals surface area (Å²) in [5.74, 6) is 1.10. The predicted octanol–water partition coefficient (Wildman–Crippen LogP) is 0.804. The van der Waals surface area contributed by atoms with Crippen LogP contribution in [0.5, 0.6) is 0 Å². The highest BCUT2D eigenvalue weighted by atomic mass is 16.2. The maximum atomic E-state index is 12.3. The molecule has 0 aromatic heterocycles. The fourth-order valence-corrected chi connectivity index (χ4v) is 3.17. The van der Waals surface area contributed by atoms with Crippen LogP contribution in [-0.4, -0.2) is 55.0 Å². The van der Waals surface area contributed by atoms with Gasteiger partial charge < -0.3 is 15.1 Å². The summed E-state index contributed by atoms with van der Waals surface area (Å²) in [7, 11) is 0. The first-order valence-corrected chi connectivity index (χ1v) is 7.46. The van der Waals surface area contributed by atoms with E-state index in [0.717, 1.165) is 26.2 Å². The molecule has 2 aliphatic rings. The van der Waals surface area contributed by atoms with Gasteiger partial charge >= 0.3 is 0 Å². The number of piperidine rings is 1. The first kappa shape index (κ1) is 14.9. The molecule has 2 rings (SSSR count). The van der Waals surface area contributed by atoms with E-state index in [1.807, 2.05) is 0 Å². The van der Waals surface area contributed by atoms with Crippen molar-refractivity contribution < 1.29 is 4.79 Å². The molecule has 110 valence electrons. The van der Waals surface area contributed by atoms with Gasteiger partial charge in [-0.25, -0.2) is 0 Å². The lowest BCUT2D eigenvalue weighted by molar-refractivity contribution is -0.127. The lowest BCUT2D eigenvalue weighted by Crippen LogP contribution is -2.47. The number of carbonyl (C=O) groups is 1. The minimum absolute atomic E-state index is 0.125. The van der Waals surface area contributed by atoms with Crippen molar-refractivity contribution in [2.24, 2.45) is 11.8 Å². The Morgan fingerprint density at radius 1 is 1.25 bits per heavy atom. The number of carbonyl (C=O) groups excluding carboxylic acids is 1. The molecule has 20 heavy (non-hydrogen) atoms. The second-order valence-corrected chi connectivity index (χ2v) is 6.10. The van der Waals surface area contributed by atoms with Crippen LogP contribution in [0.15, 0.2) is 11.8 Å². The van der Waals surface area contributed by atoms with Crippen LogP contribution in [0.3, 0.4) is 0 Å². The Bertz CT molecular complexity index is 410. The summed E-state index contributed by atoms with van der Waals surface area (Å²) in [5.41, 5.74) is 0.271. The second kappa shape index (κ2) is 6.76. The van der Waals surface area contributed by atoms with Crippen molar-refractivity contribution in [2.45, 2.75) is 20.3 Å². The molecule has 0 bridgehead atoms. The second-order valence-electron chi connectivity index (χ2n) is 6.10. The summed E-state index contributed by atoms with van der Waals surface area (Å²) in [6, 6.07) is 2.08. The zero-order valence-electron chi connectivity index (χ0n) is 12.4. The molecule has 1 N–H and O–H groups in total. The van der Waals surface area contributed by atoms with Crippen LogP contribution >= 0.6 is 0 Å². The van der Waals surface area contributed by atoms with Crippen molar-refractivity contribution in [3.63, 3.8) is 0 Å².